The van der Waals surface area contributed by atoms with Crippen LogP contribution in [0.1, 0.15) is 156 Å². The van der Waals surface area contributed by atoms with Gasteiger partial charge in [0.25, 0.3) is 0 Å². The Morgan fingerprint density at radius 2 is 1.19 bits per heavy atom. The van der Waals surface area contributed by atoms with Crippen LogP contribution in [0.3, 0.4) is 0 Å². The largest absolute Gasteiger partial charge is 0.401 e. The van der Waals surface area contributed by atoms with Crippen molar-refractivity contribution < 1.29 is 43.0 Å². The fraction of sp³-hybridized carbons (Fsp3) is 0.755. The van der Waals surface area contributed by atoms with Crippen LogP contribution >= 0.6 is 0 Å². The maximum absolute atomic E-state index is 13.1. The van der Waals surface area contributed by atoms with Crippen LogP contribution in [0.4, 0.5) is 0 Å². The van der Waals surface area contributed by atoms with Crippen molar-refractivity contribution in [1.29, 1.82) is 10.9 Å². The van der Waals surface area contributed by atoms with Gasteiger partial charge in [0.15, 0.2) is 0 Å². The lowest BCUT2D eigenvalue weighted by Crippen LogP contribution is -2.50. The van der Waals surface area contributed by atoms with E-state index in [-0.39, 0.29) is 114 Å². The molecule has 0 rings (SSSR count). The Kier molecular flexibility index (Phi) is 60.6. The second kappa shape index (κ2) is 59.6. The van der Waals surface area contributed by atoms with Gasteiger partial charge in [-0.3, -0.25) is 24.0 Å². The van der Waals surface area contributed by atoms with Gasteiger partial charge in [-0.05, 0) is 83.0 Å². The zero-order valence-corrected chi connectivity index (χ0v) is 47.3. The van der Waals surface area contributed by atoms with E-state index in [1.165, 1.54) is 62.6 Å². The molecule has 0 fully saturated rings. The predicted molar refractivity (Wildman–Crippen MR) is 301 cm³/mol. The first-order chi connectivity index (χ1) is 36.2. The third kappa shape index (κ3) is 56.3. The van der Waals surface area contributed by atoms with Gasteiger partial charge in [-0.2, -0.15) is 0 Å². The average molecular weight is 1070 g/mol. The highest BCUT2D eigenvalue weighted by Gasteiger charge is 2.32. The summed E-state index contributed by atoms with van der Waals surface area (Å²) in [4.78, 5) is 74.9. The molecule has 436 valence electrons. The van der Waals surface area contributed by atoms with Gasteiger partial charge in [0.2, 0.25) is 29.5 Å². The Morgan fingerprint density at radius 3 is 1.72 bits per heavy atom. The predicted octanol–water partition coefficient (Wildman–Crippen LogP) is 5.27. The van der Waals surface area contributed by atoms with Gasteiger partial charge in [0.05, 0.1) is 39.6 Å². The highest BCUT2D eigenvalue weighted by atomic mass is 16.5. The van der Waals surface area contributed by atoms with Crippen LogP contribution in [0.2, 0.25) is 0 Å². The van der Waals surface area contributed by atoms with E-state index in [0.29, 0.717) is 39.3 Å². The monoisotopic (exact) mass is 1070 g/mol. The van der Waals surface area contributed by atoms with Gasteiger partial charge in [0, 0.05) is 115 Å². The van der Waals surface area contributed by atoms with Crippen molar-refractivity contribution in [3.8, 4) is 0 Å². The van der Waals surface area contributed by atoms with Crippen LogP contribution in [0.5, 0.6) is 0 Å². The number of hydrogen-bond donors (Lipinski definition) is 10. The van der Waals surface area contributed by atoms with Gasteiger partial charge in [-0.15, -0.1) is 0 Å². The van der Waals surface area contributed by atoms with Crippen LogP contribution in [-0.4, -0.2) is 157 Å². The van der Waals surface area contributed by atoms with Gasteiger partial charge < -0.3 is 72.4 Å². The summed E-state index contributed by atoms with van der Waals surface area (Å²) in [5.74, 6) is 4.73. The highest BCUT2D eigenvalue weighted by molar-refractivity contribution is 5.91. The molecule has 0 aromatic rings. The minimum atomic E-state index is -0.932. The number of nitrogens with zero attached hydrogens (tertiary/aromatic N) is 3. The lowest BCUT2D eigenvalue weighted by molar-refractivity contribution is -0.127. The molecule has 0 saturated carbocycles. The smallest absolute Gasteiger partial charge is 0.246 e. The molecule has 75 heavy (non-hydrogen) atoms. The molecule has 13 N–H and O–H groups in total. The van der Waals surface area contributed by atoms with Crippen molar-refractivity contribution in [2.45, 2.75) is 162 Å². The number of hydrogen-bond acceptors (Lipinski definition) is 17. The molecule has 0 radical (unpaired) electrons. The molecule has 0 spiro atoms. The molecule has 0 bridgehead atoms. The maximum atomic E-state index is 13.1. The first-order valence-electron chi connectivity index (χ1n) is 27.2. The molecular formula is C53H105N13O9. The molecule has 1 unspecified atom stereocenters. The quantitative estimate of drug-likeness (QED) is 0.00706. The van der Waals surface area contributed by atoms with Crippen LogP contribution in [0.25, 0.3) is 0 Å². The van der Waals surface area contributed by atoms with Crippen molar-refractivity contribution in [1.82, 2.24) is 36.5 Å². The zero-order valence-electron chi connectivity index (χ0n) is 47.3. The van der Waals surface area contributed by atoms with Gasteiger partial charge >= 0.3 is 0 Å². The fourth-order valence-electron chi connectivity index (χ4n) is 6.65. The molecule has 0 aromatic heterocycles. The number of unbranched alkanes of at least 4 members (excludes halogenated alkanes) is 7. The van der Waals surface area contributed by atoms with E-state index in [0.717, 1.165) is 69.8 Å². The van der Waals surface area contributed by atoms with Gasteiger partial charge in [0.1, 0.15) is 6.29 Å². The number of nitrogens with one attached hydrogen (secondary N) is 7. The van der Waals surface area contributed by atoms with E-state index in [4.69, 9.17) is 42.5 Å². The van der Waals surface area contributed by atoms with Gasteiger partial charge in [-0.1, -0.05) is 66.4 Å². The Hall–Kier alpha value is -5.29. The summed E-state index contributed by atoms with van der Waals surface area (Å²) in [6, 6.07) is 0. The number of carbonyl (C=O) groups excluding carboxylic acids is 6. The third-order valence-corrected chi connectivity index (χ3v) is 10.8. The summed E-state index contributed by atoms with van der Waals surface area (Å²) in [5, 5.41) is 25.9. The van der Waals surface area contributed by atoms with Crippen molar-refractivity contribution in [2.75, 3.05) is 99.5 Å². The summed E-state index contributed by atoms with van der Waals surface area (Å²) in [6.07, 6.45) is 22.2. The number of carbonyl (C=O) groups is 6. The Morgan fingerprint density at radius 1 is 0.680 bits per heavy atom. The van der Waals surface area contributed by atoms with Crippen molar-refractivity contribution >= 4 is 42.0 Å². The molecule has 22 nitrogen and oxygen atoms in total. The van der Waals surface area contributed by atoms with E-state index >= 15 is 0 Å². The number of aldehydes is 1. The molecule has 0 aliphatic heterocycles. The Labute approximate surface area is 451 Å². The van der Waals surface area contributed by atoms with Crippen LogP contribution in [0.15, 0.2) is 41.9 Å². The molecular weight excluding hydrogens is 963 g/mol. The molecule has 5 amide bonds. The SMILES string of the molecule is C=CNCCCCNC(=O)CCC(CCC=O)(CCC(=O)NCCCCN)NC(=O)CCOCCOCCOCCC(=O)NCCN(C)C(=O)/C=C\C=N.CC.CCCCCCN(N)/C=C(\N)CCCCC.CN=N. The second-order valence-corrected chi connectivity index (χ2v) is 17.3. The first kappa shape index (κ1) is 76.2. The minimum absolute atomic E-state index is 0.0403. The van der Waals surface area contributed by atoms with Crippen molar-refractivity contribution in [3.05, 3.63) is 36.8 Å². The lowest BCUT2D eigenvalue weighted by atomic mass is 9.83. The summed E-state index contributed by atoms with van der Waals surface area (Å²) < 4.78 is 16.5. The number of rotatable bonds is 47. The number of hydrazine groups is 1. The molecule has 1 atom stereocenters. The number of amides is 5. The van der Waals surface area contributed by atoms with Crippen molar-refractivity contribution in [3.63, 3.8) is 0 Å². The summed E-state index contributed by atoms with van der Waals surface area (Å²) in [6.45, 7) is 17.3. The molecule has 0 aliphatic rings. The number of nitrogens with two attached hydrogens (primary N) is 3. The van der Waals surface area contributed by atoms with E-state index in [9.17, 15) is 28.8 Å². The van der Waals surface area contributed by atoms with E-state index in [1.807, 2.05) is 20.0 Å². The third-order valence-electron chi connectivity index (χ3n) is 10.8. The number of likely N-dealkylation sites (N-methyl/N-ethyl adjacent to an activating group) is 1. The zero-order chi connectivity index (χ0) is 57.1. The van der Waals surface area contributed by atoms with Crippen LogP contribution in [-0.2, 0) is 43.0 Å². The number of ether oxygens (including phenoxy) is 3. The molecule has 0 saturated heterocycles. The molecule has 0 heterocycles. The van der Waals surface area contributed by atoms with Gasteiger partial charge in [-0.25, -0.2) is 16.5 Å². The summed E-state index contributed by atoms with van der Waals surface area (Å²) in [7, 11) is 3.02. The molecule has 0 aromatic carbocycles. The first-order valence-corrected chi connectivity index (χ1v) is 27.2. The summed E-state index contributed by atoms with van der Waals surface area (Å²) >= 11 is 0. The number of allylic oxidation sites excluding steroid dienone is 2. The van der Waals surface area contributed by atoms with E-state index in [2.05, 4.69) is 52.1 Å². The Balaban J connectivity index is -0.00000100. The van der Waals surface area contributed by atoms with E-state index < -0.39 is 5.54 Å². The minimum Gasteiger partial charge on any atom is -0.401 e. The second-order valence-electron chi connectivity index (χ2n) is 17.3. The van der Waals surface area contributed by atoms with E-state index in [1.54, 1.807) is 18.3 Å². The average Bonchev–Trinajstić information content (AvgIpc) is 3.39. The lowest BCUT2D eigenvalue weighted by Gasteiger charge is -2.35. The van der Waals surface area contributed by atoms with Crippen LogP contribution < -0.4 is 43.9 Å². The topological polar surface area (TPSA) is 335 Å². The standard InChI is InChI=1S/C37H66N8O9.C13H29N3.C2H6.CH4N2/c1-3-40-20-6-7-22-42-33(48)12-17-37(15-9-25-46,16-11-32(47)41-21-5-4-18-38)44-35(50)14-27-53-29-31-54-30-28-52-26-13-34(49)43-23-24-45(2)36(51)10-8-19-39;1-3-5-7-9-11-16(15)12-13(14)10-8-6-4-2;1-2;1-3-2/h3,8,10,19,25,39-40H,1,4-7,9,11-18,20-24,26-31,38H2,2H3,(H,41,47)(H,42,48)(H,43,49)(H,44,50);12H,3-11,14-15H2,1-2H3;1-2H3;2H,1H3/b10-8-,39-19?;13-12-;;. The normalized spacial score (nSPS) is 11.4. The fourth-order valence-corrected chi connectivity index (χ4v) is 6.65. The summed E-state index contributed by atoms with van der Waals surface area (Å²) in [5.41, 5.74) is 17.2. The Bertz CT molecular complexity index is 1510. The van der Waals surface area contributed by atoms with Crippen LogP contribution in [0, 0.1) is 10.9 Å². The molecule has 22 heteroatoms. The highest BCUT2D eigenvalue weighted by Crippen LogP contribution is 2.26. The van der Waals surface area contributed by atoms with Crippen molar-refractivity contribution in [2.24, 2.45) is 22.4 Å². The molecule has 0 aliphatic carbocycles. The maximum Gasteiger partial charge on any atom is 0.246 e.